The quantitative estimate of drug-likeness (QED) is 0.870. The topological polar surface area (TPSA) is 67.9 Å². The predicted molar refractivity (Wildman–Crippen MR) is 99.4 cm³/mol. The predicted octanol–water partition coefficient (Wildman–Crippen LogP) is 2.26. The van der Waals surface area contributed by atoms with Crippen LogP contribution in [0.15, 0.2) is 53.4 Å². The molecule has 2 aromatic carbocycles. The molecule has 0 unspecified atom stereocenters. The van der Waals surface area contributed by atoms with Crippen molar-refractivity contribution in [3.05, 3.63) is 48.5 Å². The van der Waals surface area contributed by atoms with Crippen molar-refractivity contribution in [1.29, 1.82) is 0 Å². The third kappa shape index (κ3) is 3.64. The largest absolute Gasteiger partial charge is 0.486 e. The first kappa shape index (κ1) is 17.2. The van der Waals surface area contributed by atoms with Crippen LogP contribution in [0, 0.1) is 5.92 Å². The Morgan fingerprint density at radius 2 is 1.81 bits per heavy atom. The van der Waals surface area contributed by atoms with Gasteiger partial charge in [-0.05, 0) is 36.6 Å². The average Bonchev–Trinajstić information content (AvgIpc) is 3.16. The summed E-state index contributed by atoms with van der Waals surface area (Å²) in [5.41, 5.74) is 1.18. The first-order valence-electron chi connectivity index (χ1n) is 8.81. The maximum Gasteiger partial charge on any atom is 0.240 e. The molecule has 2 aliphatic rings. The van der Waals surface area contributed by atoms with E-state index >= 15 is 0 Å². The molecule has 26 heavy (non-hydrogen) atoms. The van der Waals surface area contributed by atoms with Crippen molar-refractivity contribution in [3.63, 3.8) is 0 Å². The van der Waals surface area contributed by atoms with Crippen LogP contribution in [0.4, 0.5) is 5.69 Å². The Bertz CT molecular complexity index is 870. The van der Waals surface area contributed by atoms with Crippen LogP contribution in [0.3, 0.4) is 0 Å². The van der Waals surface area contributed by atoms with E-state index in [1.165, 1.54) is 11.8 Å². The van der Waals surface area contributed by atoms with Crippen LogP contribution >= 0.6 is 0 Å². The molecular formula is C19H22N2O4S. The van der Waals surface area contributed by atoms with Gasteiger partial charge in [0.15, 0.2) is 11.5 Å². The molecule has 7 heteroatoms. The zero-order valence-corrected chi connectivity index (χ0v) is 15.2. The van der Waals surface area contributed by atoms with Gasteiger partial charge in [-0.25, -0.2) is 13.1 Å². The standard InChI is InChI=1S/C19H22N2O4S/c22-26(23,17-6-7-18-19(12-17)25-11-10-24-18)20-13-15-8-9-21(14-15)16-4-2-1-3-5-16/h1-7,12,15,20H,8-11,13-14H2/t15-/m0/s1. The molecule has 1 atom stereocenters. The highest BCUT2D eigenvalue weighted by Gasteiger charge is 2.25. The Kier molecular flexibility index (Phi) is 4.74. The summed E-state index contributed by atoms with van der Waals surface area (Å²) in [6.45, 7) is 3.15. The van der Waals surface area contributed by atoms with Crippen LogP contribution in [0.1, 0.15) is 6.42 Å². The Hall–Kier alpha value is -2.25. The summed E-state index contributed by atoms with van der Waals surface area (Å²) in [6, 6.07) is 14.9. The van der Waals surface area contributed by atoms with Crippen LogP contribution in [0.5, 0.6) is 11.5 Å². The van der Waals surface area contributed by atoms with Crippen LogP contribution in [-0.2, 0) is 10.0 Å². The van der Waals surface area contributed by atoms with Crippen molar-refractivity contribution >= 4 is 15.7 Å². The zero-order valence-electron chi connectivity index (χ0n) is 14.4. The first-order valence-corrected chi connectivity index (χ1v) is 10.3. The lowest BCUT2D eigenvalue weighted by Crippen LogP contribution is -2.31. The van der Waals surface area contributed by atoms with Gasteiger partial charge in [-0.2, -0.15) is 0 Å². The van der Waals surface area contributed by atoms with Gasteiger partial charge < -0.3 is 14.4 Å². The number of hydrogen-bond acceptors (Lipinski definition) is 5. The number of hydrogen-bond donors (Lipinski definition) is 1. The molecule has 0 amide bonds. The van der Waals surface area contributed by atoms with Crippen molar-refractivity contribution in [3.8, 4) is 11.5 Å². The van der Waals surface area contributed by atoms with Crippen LogP contribution in [-0.4, -0.2) is 41.3 Å². The lowest BCUT2D eigenvalue weighted by atomic mass is 10.1. The van der Waals surface area contributed by atoms with E-state index in [4.69, 9.17) is 9.47 Å². The fourth-order valence-corrected chi connectivity index (χ4v) is 4.51. The number of fused-ring (bicyclic) bond motifs is 1. The lowest BCUT2D eigenvalue weighted by molar-refractivity contribution is 0.171. The van der Waals surface area contributed by atoms with E-state index < -0.39 is 10.0 Å². The van der Waals surface area contributed by atoms with Crippen LogP contribution < -0.4 is 19.1 Å². The summed E-state index contributed by atoms with van der Waals surface area (Å²) >= 11 is 0. The van der Waals surface area contributed by atoms with E-state index in [0.29, 0.717) is 37.2 Å². The number of nitrogens with zero attached hydrogens (tertiary/aromatic N) is 1. The van der Waals surface area contributed by atoms with Gasteiger partial charge in [0.1, 0.15) is 13.2 Å². The van der Waals surface area contributed by atoms with E-state index in [-0.39, 0.29) is 4.90 Å². The van der Waals surface area contributed by atoms with Gasteiger partial charge in [0.25, 0.3) is 0 Å². The van der Waals surface area contributed by atoms with Crippen molar-refractivity contribution in [1.82, 2.24) is 4.72 Å². The number of nitrogens with one attached hydrogen (secondary N) is 1. The second kappa shape index (κ2) is 7.17. The minimum Gasteiger partial charge on any atom is -0.486 e. The SMILES string of the molecule is O=S(=O)(NC[C@@H]1CCN(c2ccccc2)C1)c1ccc2c(c1)OCCO2. The molecule has 0 aliphatic carbocycles. The van der Waals surface area contributed by atoms with Crippen molar-refractivity contribution < 1.29 is 17.9 Å². The minimum absolute atomic E-state index is 0.208. The Morgan fingerprint density at radius 3 is 2.62 bits per heavy atom. The van der Waals surface area contributed by atoms with Gasteiger partial charge in [-0.15, -0.1) is 0 Å². The molecule has 4 rings (SSSR count). The molecule has 0 saturated carbocycles. The number of ether oxygens (including phenoxy) is 2. The molecule has 2 heterocycles. The van der Waals surface area contributed by atoms with Crippen molar-refractivity contribution in [2.24, 2.45) is 5.92 Å². The van der Waals surface area contributed by atoms with Crippen molar-refractivity contribution in [2.45, 2.75) is 11.3 Å². The molecule has 1 N–H and O–H groups in total. The highest BCUT2D eigenvalue weighted by molar-refractivity contribution is 7.89. The minimum atomic E-state index is -3.57. The van der Waals surface area contributed by atoms with Crippen molar-refractivity contribution in [2.75, 3.05) is 37.7 Å². The summed E-state index contributed by atoms with van der Waals surface area (Å²) < 4.78 is 38.9. The average molecular weight is 374 g/mol. The van der Waals surface area contributed by atoms with Gasteiger partial charge >= 0.3 is 0 Å². The van der Waals surface area contributed by atoms with Crippen LogP contribution in [0.2, 0.25) is 0 Å². The lowest BCUT2D eigenvalue weighted by Gasteiger charge is -2.20. The molecule has 0 radical (unpaired) electrons. The third-order valence-electron chi connectivity index (χ3n) is 4.79. The van der Waals surface area contributed by atoms with Gasteiger partial charge in [-0.3, -0.25) is 0 Å². The second-order valence-electron chi connectivity index (χ2n) is 6.59. The molecule has 0 bridgehead atoms. The zero-order chi connectivity index (χ0) is 18.0. The van der Waals surface area contributed by atoms with Gasteiger partial charge in [0.05, 0.1) is 4.90 Å². The molecule has 6 nitrogen and oxygen atoms in total. The molecule has 2 aliphatic heterocycles. The molecule has 0 spiro atoms. The highest BCUT2D eigenvalue weighted by atomic mass is 32.2. The summed E-state index contributed by atoms with van der Waals surface area (Å²) in [7, 11) is -3.57. The molecule has 1 saturated heterocycles. The molecular weight excluding hydrogens is 352 g/mol. The van der Waals surface area contributed by atoms with E-state index in [2.05, 4.69) is 21.8 Å². The van der Waals surface area contributed by atoms with E-state index in [1.54, 1.807) is 12.1 Å². The summed E-state index contributed by atoms with van der Waals surface area (Å²) in [5.74, 6) is 1.36. The number of benzene rings is 2. The third-order valence-corrected chi connectivity index (χ3v) is 6.21. The van der Waals surface area contributed by atoms with Gasteiger partial charge in [-0.1, -0.05) is 18.2 Å². The smallest absolute Gasteiger partial charge is 0.240 e. The van der Waals surface area contributed by atoms with E-state index in [0.717, 1.165) is 19.5 Å². The fraction of sp³-hybridized carbons (Fsp3) is 0.368. The summed E-state index contributed by atoms with van der Waals surface area (Å²) in [6.07, 6.45) is 0.971. The number of rotatable bonds is 5. The fourth-order valence-electron chi connectivity index (χ4n) is 3.37. The Labute approximate surface area is 153 Å². The molecule has 0 aromatic heterocycles. The number of sulfonamides is 1. The van der Waals surface area contributed by atoms with E-state index in [1.807, 2.05) is 18.2 Å². The molecule has 1 fully saturated rings. The summed E-state index contributed by atoms with van der Waals surface area (Å²) in [4.78, 5) is 2.50. The maximum absolute atomic E-state index is 12.6. The summed E-state index contributed by atoms with van der Waals surface area (Å²) in [5, 5.41) is 0. The molecule has 2 aromatic rings. The number of anilines is 1. The monoisotopic (exact) mass is 374 g/mol. The maximum atomic E-state index is 12.6. The highest BCUT2D eigenvalue weighted by Crippen LogP contribution is 2.32. The van der Waals surface area contributed by atoms with Crippen LogP contribution in [0.25, 0.3) is 0 Å². The van der Waals surface area contributed by atoms with Gasteiger partial charge in [0, 0.05) is 31.4 Å². The molecule has 138 valence electrons. The Balaban J connectivity index is 1.38. The second-order valence-corrected chi connectivity index (χ2v) is 8.36. The Morgan fingerprint density at radius 1 is 1.04 bits per heavy atom. The normalized spacial score (nSPS) is 19.5. The van der Waals surface area contributed by atoms with E-state index in [9.17, 15) is 8.42 Å². The number of para-hydroxylation sites is 1. The van der Waals surface area contributed by atoms with Gasteiger partial charge in [0.2, 0.25) is 10.0 Å². The first-order chi connectivity index (χ1) is 12.6.